The fraction of sp³-hybridized carbons (Fsp3) is 0.644. The van der Waals surface area contributed by atoms with Crippen molar-refractivity contribution in [3.05, 3.63) is 182 Å². The Labute approximate surface area is 616 Å². The first-order valence-corrected chi connectivity index (χ1v) is 42.0. The molecule has 0 saturated carbocycles. The molecule has 0 aromatic heterocycles. The lowest BCUT2D eigenvalue weighted by molar-refractivity contribution is -0.870. The van der Waals surface area contributed by atoms with Gasteiger partial charge in [0, 0.05) is 12.8 Å². The number of phosphoric ester groups is 1. The maximum absolute atomic E-state index is 12.9. The second-order valence-electron chi connectivity index (χ2n) is 27.7. The topological polar surface area (TPSA) is 111 Å². The summed E-state index contributed by atoms with van der Waals surface area (Å²) in [7, 11) is 1.14. The average Bonchev–Trinajstić information content (AvgIpc) is 1.65. The van der Waals surface area contributed by atoms with Gasteiger partial charge >= 0.3 is 11.9 Å². The first kappa shape index (κ1) is 95.1. The van der Waals surface area contributed by atoms with E-state index in [0.29, 0.717) is 17.4 Å². The summed E-state index contributed by atoms with van der Waals surface area (Å²) < 4.78 is 34.4. The van der Waals surface area contributed by atoms with Crippen molar-refractivity contribution in [2.45, 2.75) is 328 Å². The Bertz CT molecular complexity index is 2350. The number of quaternary nitrogens is 1. The highest BCUT2D eigenvalue weighted by molar-refractivity contribution is 7.45. The Hall–Kier alpha value is -4.89. The lowest BCUT2D eigenvalue weighted by atomic mass is 10.0. The molecule has 0 aliphatic rings. The number of rotatable bonds is 73. The maximum Gasteiger partial charge on any atom is 0.306 e. The standard InChI is InChI=1S/C90H150NO8P/c1-6-8-10-12-14-16-18-20-22-24-26-28-30-32-34-36-38-40-42-43-44-45-46-47-49-50-52-54-56-58-60-62-64-66-68-70-72-74-76-78-80-82-89(92)96-86-88(87-98-100(94,95)97-85-84-91(3,4)5)99-90(93)83-81-79-77-75-73-71-69-67-65-63-61-59-57-55-53-51-48-41-39-37-35-33-31-29-27-25-23-21-19-17-15-13-11-9-7-2/h8-11,14-17,20-23,26-29,32-35,39,41,51,53,57,59,63,65,69,71,88H,6-7,12-13,18-19,24-25,30-31,36-38,40,42-50,52,54-56,58,60-62,64,66-68,70,72-87H2,1-5H3/b10-8-,11-9-,16-14-,17-15-,22-20-,23-21-,28-26-,29-27-,34-32-,35-33-,41-39-,53-51-,59-57-,65-63-,71-69-. The van der Waals surface area contributed by atoms with Crippen LogP contribution in [0.25, 0.3) is 0 Å². The van der Waals surface area contributed by atoms with Crippen molar-refractivity contribution in [3.63, 3.8) is 0 Å². The minimum atomic E-state index is -4.66. The summed E-state index contributed by atoms with van der Waals surface area (Å²) in [5, 5.41) is 0. The summed E-state index contributed by atoms with van der Waals surface area (Å²) >= 11 is 0. The molecule has 0 amide bonds. The van der Waals surface area contributed by atoms with E-state index in [4.69, 9.17) is 18.5 Å². The summed E-state index contributed by atoms with van der Waals surface area (Å²) in [6.07, 6.45) is 120. The van der Waals surface area contributed by atoms with Crippen LogP contribution in [-0.2, 0) is 32.7 Å². The molecular weight excluding hydrogens is 1250 g/mol. The zero-order valence-electron chi connectivity index (χ0n) is 64.8. The molecule has 0 radical (unpaired) electrons. The molecule has 100 heavy (non-hydrogen) atoms. The van der Waals surface area contributed by atoms with E-state index in [2.05, 4.69) is 196 Å². The molecule has 0 fully saturated rings. The first-order valence-electron chi connectivity index (χ1n) is 40.5. The molecule has 9 nitrogen and oxygen atoms in total. The number of allylic oxidation sites excluding steroid dienone is 30. The normalized spacial score (nSPS) is 14.0. The van der Waals surface area contributed by atoms with E-state index in [9.17, 15) is 19.0 Å². The minimum Gasteiger partial charge on any atom is -0.756 e. The zero-order chi connectivity index (χ0) is 72.5. The van der Waals surface area contributed by atoms with Crippen LogP contribution in [0.2, 0.25) is 0 Å². The number of carbonyl (C=O) groups excluding carboxylic acids is 2. The van der Waals surface area contributed by atoms with Crippen LogP contribution in [0.1, 0.15) is 322 Å². The predicted octanol–water partition coefficient (Wildman–Crippen LogP) is 26.8. The van der Waals surface area contributed by atoms with Crippen LogP contribution in [0.4, 0.5) is 0 Å². The van der Waals surface area contributed by atoms with E-state index < -0.39 is 32.5 Å². The van der Waals surface area contributed by atoms with Crippen molar-refractivity contribution in [1.82, 2.24) is 0 Å². The summed E-state index contributed by atoms with van der Waals surface area (Å²) in [5.74, 6) is -0.863. The Morgan fingerprint density at radius 3 is 0.800 bits per heavy atom. The SMILES string of the molecule is CC/C=C\C/C=C\C/C=C\C/C=C\C/C=C\C/C=C\C/C=C\C/C=C\C/C=C\C/C=C\CCCCCCC(=O)OC(COC(=O)CCCCCCCCCCCCCCCCCCCCCCCCCCC/C=C\C/C=C\C/C=C\C/C=C\C/C=C\CC)COP(=O)([O-])OCC[N+](C)(C)C. The van der Waals surface area contributed by atoms with E-state index in [1.165, 1.54) is 148 Å². The van der Waals surface area contributed by atoms with Crippen molar-refractivity contribution >= 4 is 19.8 Å². The summed E-state index contributed by atoms with van der Waals surface area (Å²) in [4.78, 5) is 38.2. The van der Waals surface area contributed by atoms with Gasteiger partial charge in [-0.1, -0.05) is 357 Å². The Kier molecular flexibility index (Phi) is 74.4. The summed E-state index contributed by atoms with van der Waals surface area (Å²) in [5.41, 5.74) is 0. The van der Waals surface area contributed by atoms with Crippen LogP contribution in [0.15, 0.2) is 182 Å². The van der Waals surface area contributed by atoms with Crippen LogP contribution >= 0.6 is 7.82 Å². The molecule has 0 aromatic carbocycles. The molecule has 2 unspecified atom stereocenters. The van der Waals surface area contributed by atoms with Crippen LogP contribution < -0.4 is 4.89 Å². The molecule has 0 bridgehead atoms. The molecular formula is C90H150NO8P. The molecule has 568 valence electrons. The van der Waals surface area contributed by atoms with E-state index in [-0.39, 0.29) is 26.1 Å². The van der Waals surface area contributed by atoms with Gasteiger partial charge in [0.15, 0.2) is 6.10 Å². The molecule has 0 spiro atoms. The van der Waals surface area contributed by atoms with Gasteiger partial charge in [-0.3, -0.25) is 14.2 Å². The number of unbranched alkanes of at least 4 members (excludes halogenated alkanes) is 29. The van der Waals surface area contributed by atoms with E-state index in [1.54, 1.807) is 0 Å². The quantitative estimate of drug-likeness (QED) is 0.0195. The third-order valence-electron chi connectivity index (χ3n) is 16.9. The highest BCUT2D eigenvalue weighted by Crippen LogP contribution is 2.38. The number of phosphoric acid groups is 1. The Morgan fingerprint density at radius 1 is 0.310 bits per heavy atom. The van der Waals surface area contributed by atoms with Gasteiger partial charge in [0.1, 0.15) is 19.8 Å². The molecule has 2 atom stereocenters. The van der Waals surface area contributed by atoms with Gasteiger partial charge in [-0.05, 0) is 135 Å². The number of hydrogen-bond donors (Lipinski definition) is 0. The Balaban J connectivity index is 4.03. The molecule has 0 N–H and O–H groups in total. The second-order valence-corrected chi connectivity index (χ2v) is 29.1. The van der Waals surface area contributed by atoms with Gasteiger partial charge < -0.3 is 27.9 Å². The monoisotopic (exact) mass is 1400 g/mol. The smallest absolute Gasteiger partial charge is 0.306 e. The van der Waals surface area contributed by atoms with E-state index in [0.717, 1.165) is 141 Å². The number of likely N-dealkylation sites (N-methyl/N-ethyl adjacent to an activating group) is 1. The fourth-order valence-corrected chi connectivity index (χ4v) is 11.6. The highest BCUT2D eigenvalue weighted by atomic mass is 31.2. The van der Waals surface area contributed by atoms with Crippen molar-refractivity contribution in [2.75, 3.05) is 47.5 Å². The van der Waals surface area contributed by atoms with Gasteiger partial charge in [-0.15, -0.1) is 0 Å². The van der Waals surface area contributed by atoms with Crippen LogP contribution in [0.3, 0.4) is 0 Å². The van der Waals surface area contributed by atoms with E-state index in [1.807, 2.05) is 21.1 Å². The molecule has 0 rings (SSSR count). The van der Waals surface area contributed by atoms with Gasteiger partial charge in [-0.25, -0.2) is 0 Å². The number of hydrogen-bond acceptors (Lipinski definition) is 8. The number of esters is 2. The molecule has 0 heterocycles. The first-order chi connectivity index (χ1) is 49.0. The molecule has 0 aliphatic heterocycles. The van der Waals surface area contributed by atoms with Gasteiger partial charge in [0.25, 0.3) is 7.82 Å². The third-order valence-corrected chi connectivity index (χ3v) is 17.9. The molecule has 0 saturated heterocycles. The highest BCUT2D eigenvalue weighted by Gasteiger charge is 2.22. The van der Waals surface area contributed by atoms with Crippen molar-refractivity contribution < 1.29 is 42.1 Å². The molecule has 0 aromatic rings. The minimum absolute atomic E-state index is 0.0434. The Morgan fingerprint density at radius 2 is 0.540 bits per heavy atom. The lowest BCUT2D eigenvalue weighted by Crippen LogP contribution is -2.37. The zero-order valence-corrected chi connectivity index (χ0v) is 65.7. The molecule has 10 heteroatoms. The van der Waals surface area contributed by atoms with Crippen LogP contribution in [-0.4, -0.2) is 70.0 Å². The van der Waals surface area contributed by atoms with Gasteiger partial charge in [0.05, 0.1) is 27.7 Å². The lowest BCUT2D eigenvalue weighted by Gasteiger charge is -2.28. The largest absolute Gasteiger partial charge is 0.756 e. The third kappa shape index (κ3) is 82.1. The number of nitrogens with zero attached hydrogens (tertiary/aromatic N) is 1. The predicted molar refractivity (Wildman–Crippen MR) is 433 cm³/mol. The second kappa shape index (κ2) is 78.3. The van der Waals surface area contributed by atoms with Crippen molar-refractivity contribution in [1.29, 1.82) is 0 Å². The number of ether oxygens (including phenoxy) is 2. The van der Waals surface area contributed by atoms with Crippen LogP contribution in [0.5, 0.6) is 0 Å². The fourth-order valence-electron chi connectivity index (χ4n) is 10.8. The van der Waals surface area contributed by atoms with Crippen molar-refractivity contribution in [2.24, 2.45) is 0 Å². The van der Waals surface area contributed by atoms with E-state index >= 15 is 0 Å². The van der Waals surface area contributed by atoms with Crippen LogP contribution in [0, 0.1) is 0 Å². The molecule has 0 aliphatic carbocycles. The van der Waals surface area contributed by atoms with Crippen molar-refractivity contribution in [3.8, 4) is 0 Å². The summed E-state index contributed by atoms with van der Waals surface area (Å²) in [6.45, 7) is 3.99. The average molecular weight is 1410 g/mol. The number of carbonyl (C=O) groups is 2. The maximum atomic E-state index is 12.9. The summed E-state index contributed by atoms with van der Waals surface area (Å²) in [6, 6.07) is 0. The van der Waals surface area contributed by atoms with Gasteiger partial charge in [0.2, 0.25) is 0 Å². The van der Waals surface area contributed by atoms with Gasteiger partial charge in [-0.2, -0.15) is 0 Å².